The molecule has 4 rings (SSSR count). The van der Waals surface area contributed by atoms with E-state index in [1.165, 1.54) is 16.9 Å². The third-order valence-electron chi connectivity index (χ3n) is 6.35. The van der Waals surface area contributed by atoms with Crippen molar-refractivity contribution in [1.29, 1.82) is 0 Å². The maximum Gasteiger partial charge on any atom is 0.303 e. The molecule has 1 fully saturated rings. The van der Waals surface area contributed by atoms with Crippen LogP contribution in [0.1, 0.15) is 63.6 Å². The molecule has 34 heavy (non-hydrogen) atoms. The lowest BCUT2D eigenvalue weighted by Gasteiger charge is -2.28. The number of aliphatic carboxylic acids is 1. The Labute approximate surface area is 207 Å². The van der Waals surface area contributed by atoms with Crippen molar-refractivity contribution in [3.63, 3.8) is 0 Å². The number of halogens is 1. The van der Waals surface area contributed by atoms with Gasteiger partial charge < -0.3 is 15.7 Å². The Bertz CT molecular complexity index is 1180. The van der Waals surface area contributed by atoms with Gasteiger partial charge in [-0.2, -0.15) is 0 Å². The molecule has 3 aromatic rings. The Morgan fingerprint density at radius 1 is 0.912 bits per heavy atom. The lowest BCUT2D eigenvalue weighted by molar-refractivity contribution is -0.138. The summed E-state index contributed by atoms with van der Waals surface area (Å²) in [6.45, 7) is 0.661. The van der Waals surface area contributed by atoms with Gasteiger partial charge in [0, 0.05) is 34.8 Å². The zero-order valence-corrected chi connectivity index (χ0v) is 20.3. The van der Waals surface area contributed by atoms with Crippen molar-refractivity contribution < 1.29 is 19.5 Å². The predicted octanol–water partition coefficient (Wildman–Crippen LogP) is 5.46. The molecule has 0 aliphatic heterocycles. The van der Waals surface area contributed by atoms with Gasteiger partial charge in [0.15, 0.2) is 0 Å². The minimum atomic E-state index is -0.719. The molecule has 1 heterocycles. The van der Waals surface area contributed by atoms with Crippen LogP contribution in [-0.2, 0) is 4.79 Å². The van der Waals surface area contributed by atoms with Gasteiger partial charge in [0.25, 0.3) is 11.8 Å². The molecular weight excluding hydrogens is 472 g/mol. The summed E-state index contributed by atoms with van der Waals surface area (Å²) < 4.78 is 1.000. The van der Waals surface area contributed by atoms with Crippen LogP contribution in [-0.4, -0.2) is 36.0 Å². The van der Waals surface area contributed by atoms with Gasteiger partial charge >= 0.3 is 5.97 Å². The van der Waals surface area contributed by atoms with Gasteiger partial charge in [-0.05, 0) is 84.9 Å². The van der Waals surface area contributed by atoms with Crippen LogP contribution in [0.15, 0.2) is 48.5 Å². The summed E-state index contributed by atoms with van der Waals surface area (Å²) in [7, 11) is 0. The van der Waals surface area contributed by atoms with Crippen molar-refractivity contribution in [2.24, 2.45) is 5.92 Å². The van der Waals surface area contributed by atoms with Crippen molar-refractivity contribution in [3.05, 3.63) is 69.6 Å². The highest BCUT2D eigenvalue weighted by Crippen LogP contribution is 2.37. The Balaban J connectivity index is 1.21. The summed E-state index contributed by atoms with van der Waals surface area (Å²) in [6.07, 6.45) is 4.08. The first kappa shape index (κ1) is 24.2. The van der Waals surface area contributed by atoms with E-state index in [2.05, 4.69) is 10.6 Å². The molecule has 2 amide bonds. The first-order valence-corrected chi connectivity index (χ1v) is 12.7. The van der Waals surface area contributed by atoms with E-state index in [1.807, 2.05) is 42.5 Å². The highest BCUT2D eigenvalue weighted by molar-refractivity contribution is 7.20. The monoisotopic (exact) mass is 498 g/mol. The van der Waals surface area contributed by atoms with E-state index in [-0.39, 0.29) is 24.2 Å². The van der Waals surface area contributed by atoms with Gasteiger partial charge in [-0.1, -0.05) is 23.7 Å². The highest BCUT2D eigenvalue weighted by Gasteiger charge is 2.24. The van der Waals surface area contributed by atoms with Crippen molar-refractivity contribution in [1.82, 2.24) is 10.6 Å². The second-order valence-corrected chi connectivity index (χ2v) is 10.3. The number of rotatable bonds is 8. The van der Waals surface area contributed by atoms with Gasteiger partial charge in [0.2, 0.25) is 0 Å². The van der Waals surface area contributed by atoms with Gasteiger partial charge in [0.05, 0.1) is 4.88 Å². The van der Waals surface area contributed by atoms with Crippen LogP contribution in [0.4, 0.5) is 0 Å². The Morgan fingerprint density at radius 2 is 1.59 bits per heavy atom. The first-order chi connectivity index (χ1) is 16.4. The highest BCUT2D eigenvalue weighted by atomic mass is 35.5. The van der Waals surface area contributed by atoms with Gasteiger partial charge in [-0.15, -0.1) is 11.3 Å². The fraction of sp³-hybridized carbons (Fsp3) is 0.346. The maximum absolute atomic E-state index is 12.5. The summed E-state index contributed by atoms with van der Waals surface area (Å²) in [5, 5.41) is 16.2. The minimum Gasteiger partial charge on any atom is -0.481 e. The molecule has 0 unspecified atom stereocenters. The normalized spacial score (nSPS) is 17.9. The molecule has 0 saturated heterocycles. The van der Waals surface area contributed by atoms with Crippen molar-refractivity contribution >= 4 is 50.8 Å². The van der Waals surface area contributed by atoms with Crippen LogP contribution in [0.2, 0.25) is 5.02 Å². The summed E-state index contributed by atoms with van der Waals surface area (Å²) in [5.74, 6) is -0.376. The molecule has 0 spiro atoms. The molecule has 0 atom stereocenters. The van der Waals surface area contributed by atoms with Gasteiger partial charge in [0.1, 0.15) is 0 Å². The quantitative estimate of drug-likeness (QED) is 0.359. The van der Waals surface area contributed by atoms with E-state index in [4.69, 9.17) is 16.7 Å². The second kappa shape index (κ2) is 11.0. The predicted molar refractivity (Wildman–Crippen MR) is 135 cm³/mol. The van der Waals surface area contributed by atoms with Crippen LogP contribution in [0.5, 0.6) is 0 Å². The standard InChI is InChI=1S/C26H27ClN2O4S/c27-21-9-10-22-20(14-21)15-23(34-22)26(33)29-12-11-28-25(32)19-7-5-18(6-8-19)17-3-1-16(2-4-17)13-24(30)31/h5-10,14-17H,1-4,11-13H2,(H,28,32)(H,29,33)(H,30,31)/t16-,17-. The smallest absolute Gasteiger partial charge is 0.303 e. The van der Waals surface area contributed by atoms with Crippen LogP contribution < -0.4 is 10.6 Å². The number of hydrogen-bond donors (Lipinski definition) is 3. The summed E-state index contributed by atoms with van der Waals surface area (Å²) in [5.41, 5.74) is 1.78. The summed E-state index contributed by atoms with van der Waals surface area (Å²) in [4.78, 5) is 36.4. The number of benzene rings is 2. The number of amides is 2. The molecule has 0 bridgehead atoms. The molecular formula is C26H27ClN2O4S. The average molecular weight is 499 g/mol. The lowest BCUT2D eigenvalue weighted by atomic mass is 9.77. The molecule has 3 N–H and O–H groups in total. The fourth-order valence-corrected chi connectivity index (χ4v) is 5.66. The number of carbonyl (C=O) groups is 3. The zero-order valence-electron chi connectivity index (χ0n) is 18.7. The van der Waals surface area contributed by atoms with Crippen molar-refractivity contribution in [2.75, 3.05) is 13.1 Å². The third kappa shape index (κ3) is 6.15. The molecule has 1 saturated carbocycles. The van der Waals surface area contributed by atoms with E-state index in [0.29, 0.717) is 34.5 Å². The van der Waals surface area contributed by atoms with Crippen LogP contribution in [0.25, 0.3) is 10.1 Å². The van der Waals surface area contributed by atoms with E-state index in [0.717, 1.165) is 35.8 Å². The lowest BCUT2D eigenvalue weighted by Crippen LogP contribution is -2.34. The Hall–Kier alpha value is -2.90. The van der Waals surface area contributed by atoms with Crippen LogP contribution >= 0.6 is 22.9 Å². The molecule has 178 valence electrons. The Morgan fingerprint density at radius 3 is 2.26 bits per heavy atom. The summed E-state index contributed by atoms with van der Waals surface area (Å²) >= 11 is 7.41. The van der Waals surface area contributed by atoms with Crippen molar-refractivity contribution in [2.45, 2.75) is 38.0 Å². The average Bonchev–Trinajstić information content (AvgIpc) is 3.25. The number of carboxylic acids is 1. The van der Waals surface area contributed by atoms with E-state index in [1.54, 1.807) is 6.07 Å². The molecule has 1 aliphatic carbocycles. The topological polar surface area (TPSA) is 95.5 Å². The number of carboxylic acid groups (broad SMARTS) is 1. The molecule has 1 aliphatic rings. The molecule has 2 aromatic carbocycles. The number of hydrogen-bond acceptors (Lipinski definition) is 4. The SMILES string of the molecule is O=C(O)C[C@H]1CC[C@H](c2ccc(C(=O)NCCNC(=O)c3cc4cc(Cl)ccc4s3)cc2)CC1. The van der Waals surface area contributed by atoms with Crippen LogP contribution in [0.3, 0.4) is 0 Å². The molecule has 0 radical (unpaired) electrons. The maximum atomic E-state index is 12.5. The number of fused-ring (bicyclic) bond motifs is 1. The fourth-order valence-electron chi connectivity index (χ4n) is 4.52. The molecule has 1 aromatic heterocycles. The molecule has 6 nitrogen and oxygen atoms in total. The van der Waals surface area contributed by atoms with E-state index in [9.17, 15) is 14.4 Å². The van der Waals surface area contributed by atoms with E-state index < -0.39 is 5.97 Å². The van der Waals surface area contributed by atoms with Gasteiger partial charge in [-0.25, -0.2) is 0 Å². The minimum absolute atomic E-state index is 0.172. The second-order valence-electron chi connectivity index (χ2n) is 8.74. The van der Waals surface area contributed by atoms with Gasteiger partial charge in [-0.3, -0.25) is 14.4 Å². The third-order valence-corrected chi connectivity index (χ3v) is 7.70. The van der Waals surface area contributed by atoms with E-state index >= 15 is 0 Å². The largest absolute Gasteiger partial charge is 0.481 e. The first-order valence-electron chi connectivity index (χ1n) is 11.5. The summed E-state index contributed by atoms with van der Waals surface area (Å²) in [6, 6.07) is 15.0. The number of carbonyl (C=O) groups excluding carboxylic acids is 2. The Kier molecular flexibility index (Phi) is 7.85. The number of thiophene rings is 1. The van der Waals surface area contributed by atoms with Crippen molar-refractivity contribution in [3.8, 4) is 0 Å². The zero-order chi connectivity index (χ0) is 24.1. The van der Waals surface area contributed by atoms with Crippen LogP contribution in [0, 0.1) is 5.92 Å². The number of nitrogens with one attached hydrogen (secondary N) is 2. The molecule has 8 heteroatoms.